The van der Waals surface area contributed by atoms with Crippen molar-refractivity contribution in [3.05, 3.63) is 83.7 Å². The molecule has 2 N–H and O–H groups in total. The van der Waals surface area contributed by atoms with Crippen LogP contribution in [0.3, 0.4) is 0 Å². The van der Waals surface area contributed by atoms with Crippen molar-refractivity contribution in [3.8, 4) is 5.69 Å². The monoisotopic (exact) mass is 455 g/mol. The SMILES string of the molecule is Cc1cc(C)n(-c2cccc(NC(=O)c3cccc(N4NC(=O)C5CC=CCC5C4=O)c3)c2)n1. The molecule has 2 aromatic carbocycles. The molecule has 0 radical (unpaired) electrons. The Morgan fingerprint density at radius 2 is 1.71 bits per heavy atom. The van der Waals surface area contributed by atoms with Crippen LogP contribution in [0, 0.1) is 25.7 Å². The van der Waals surface area contributed by atoms with Crippen LogP contribution in [0.4, 0.5) is 11.4 Å². The quantitative estimate of drug-likeness (QED) is 0.587. The number of nitrogens with one attached hydrogen (secondary N) is 2. The van der Waals surface area contributed by atoms with Gasteiger partial charge in [-0.05, 0) is 69.2 Å². The average Bonchev–Trinajstić information content (AvgIpc) is 3.19. The number of nitrogens with zero attached hydrogens (tertiary/aromatic N) is 3. The molecule has 2 unspecified atom stereocenters. The standard InChI is InChI=1S/C26H25N5O3/c1-16-13-17(2)30(28-16)21-10-6-8-19(15-21)27-24(32)18-7-5-9-20(14-18)31-26(34)23-12-4-3-11-22(23)25(33)29-31/h3-10,13-15,22-23H,11-12H2,1-2H3,(H,27,32)(H,29,33). The molecule has 0 bridgehead atoms. The number of carbonyl (C=O) groups is 3. The average molecular weight is 456 g/mol. The maximum Gasteiger partial charge on any atom is 0.255 e. The Labute approximate surface area is 197 Å². The molecule has 0 saturated carbocycles. The van der Waals surface area contributed by atoms with Crippen molar-refractivity contribution in [1.82, 2.24) is 15.2 Å². The molecule has 2 atom stereocenters. The van der Waals surface area contributed by atoms with Gasteiger partial charge < -0.3 is 5.32 Å². The van der Waals surface area contributed by atoms with Crippen LogP contribution in [-0.2, 0) is 9.59 Å². The van der Waals surface area contributed by atoms with Gasteiger partial charge in [0.05, 0.1) is 28.9 Å². The number of aryl methyl sites for hydroxylation is 2. The van der Waals surface area contributed by atoms with Gasteiger partial charge in [-0.15, -0.1) is 0 Å². The summed E-state index contributed by atoms with van der Waals surface area (Å²) in [7, 11) is 0. The van der Waals surface area contributed by atoms with Gasteiger partial charge in [-0.25, -0.2) is 9.69 Å². The van der Waals surface area contributed by atoms with E-state index in [-0.39, 0.29) is 29.6 Å². The normalized spacial score (nSPS) is 19.5. The fourth-order valence-electron chi connectivity index (χ4n) is 4.58. The Morgan fingerprint density at radius 1 is 0.971 bits per heavy atom. The Hall–Kier alpha value is -4.20. The molecule has 1 aromatic heterocycles. The molecule has 2 aliphatic rings. The Morgan fingerprint density at radius 3 is 2.47 bits per heavy atom. The fraction of sp³-hybridized carbons (Fsp3) is 0.231. The number of anilines is 2. The molecular formula is C26H25N5O3. The zero-order chi connectivity index (χ0) is 23.8. The van der Waals surface area contributed by atoms with Crippen molar-refractivity contribution < 1.29 is 14.4 Å². The lowest BCUT2D eigenvalue weighted by molar-refractivity contribution is -0.139. The van der Waals surface area contributed by atoms with Crippen molar-refractivity contribution >= 4 is 29.1 Å². The molecule has 8 heteroatoms. The molecule has 172 valence electrons. The number of rotatable bonds is 4. The number of hydrogen-bond donors (Lipinski definition) is 2. The van der Waals surface area contributed by atoms with Crippen LogP contribution in [0.1, 0.15) is 34.6 Å². The van der Waals surface area contributed by atoms with E-state index < -0.39 is 0 Å². The molecule has 3 aromatic rings. The minimum Gasteiger partial charge on any atom is -0.322 e. The third-order valence-corrected chi connectivity index (χ3v) is 6.25. The van der Waals surface area contributed by atoms with Gasteiger partial charge in [0, 0.05) is 16.9 Å². The van der Waals surface area contributed by atoms with Crippen LogP contribution in [0.15, 0.2) is 66.7 Å². The van der Waals surface area contributed by atoms with E-state index in [0.717, 1.165) is 17.1 Å². The number of aromatic nitrogens is 2. The van der Waals surface area contributed by atoms with Crippen LogP contribution < -0.4 is 15.8 Å². The van der Waals surface area contributed by atoms with Crippen molar-refractivity contribution in [2.45, 2.75) is 26.7 Å². The highest BCUT2D eigenvalue weighted by molar-refractivity contribution is 6.07. The van der Waals surface area contributed by atoms with Gasteiger partial charge in [-0.1, -0.05) is 24.3 Å². The van der Waals surface area contributed by atoms with Gasteiger partial charge in [0.2, 0.25) is 11.8 Å². The predicted molar refractivity (Wildman–Crippen MR) is 128 cm³/mol. The molecular weight excluding hydrogens is 430 g/mol. The highest BCUT2D eigenvalue weighted by Gasteiger charge is 2.42. The van der Waals surface area contributed by atoms with E-state index in [1.807, 2.05) is 61.0 Å². The molecule has 1 fully saturated rings. The third kappa shape index (κ3) is 3.98. The minimum absolute atomic E-state index is 0.163. The Bertz CT molecular complexity index is 1330. The third-order valence-electron chi connectivity index (χ3n) is 6.25. The molecule has 34 heavy (non-hydrogen) atoms. The van der Waals surface area contributed by atoms with Crippen molar-refractivity contribution in [2.24, 2.45) is 11.8 Å². The van der Waals surface area contributed by atoms with E-state index in [9.17, 15) is 14.4 Å². The zero-order valence-electron chi connectivity index (χ0n) is 19.0. The number of fused-ring (bicyclic) bond motifs is 1. The second kappa shape index (κ2) is 8.62. The first-order valence-electron chi connectivity index (χ1n) is 11.3. The van der Waals surface area contributed by atoms with E-state index in [2.05, 4.69) is 15.8 Å². The first-order chi connectivity index (χ1) is 16.4. The van der Waals surface area contributed by atoms with Crippen LogP contribution in [0.2, 0.25) is 0 Å². The number of amides is 3. The second-order valence-corrected chi connectivity index (χ2v) is 8.70. The van der Waals surface area contributed by atoms with E-state index >= 15 is 0 Å². The molecule has 0 spiro atoms. The molecule has 3 amide bonds. The minimum atomic E-state index is -0.381. The summed E-state index contributed by atoms with van der Waals surface area (Å²) in [5.74, 6) is -1.38. The summed E-state index contributed by atoms with van der Waals surface area (Å²) in [6, 6.07) is 16.1. The predicted octanol–water partition coefficient (Wildman–Crippen LogP) is 3.70. The fourth-order valence-corrected chi connectivity index (χ4v) is 4.58. The number of allylic oxidation sites excluding steroid dienone is 2. The summed E-state index contributed by atoms with van der Waals surface area (Å²) in [6.45, 7) is 3.91. The number of carbonyl (C=O) groups excluding carboxylic acids is 3. The first-order valence-corrected chi connectivity index (χ1v) is 11.3. The topological polar surface area (TPSA) is 96.3 Å². The summed E-state index contributed by atoms with van der Waals surface area (Å²) >= 11 is 0. The molecule has 8 nitrogen and oxygen atoms in total. The van der Waals surface area contributed by atoms with Crippen molar-refractivity contribution in [2.75, 3.05) is 10.3 Å². The first kappa shape index (κ1) is 21.6. The molecule has 1 aliphatic carbocycles. The highest BCUT2D eigenvalue weighted by atomic mass is 16.2. The lowest BCUT2D eigenvalue weighted by atomic mass is 9.80. The van der Waals surface area contributed by atoms with Gasteiger partial charge in [-0.2, -0.15) is 5.10 Å². The molecule has 2 heterocycles. The van der Waals surface area contributed by atoms with Crippen LogP contribution in [0.5, 0.6) is 0 Å². The van der Waals surface area contributed by atoms with Crippen LogP contribution in [0.25, 0.3) is 5.69 Å². The maximum absolute atomic E-state index is 13.0. The van der Waals surface area contributed by atoms with E-state index in [4.69, 9.17) is 0 Å². The number of benzene rings is 2. The maximum atomic E-state index is 13.0. The van der Waals surface area contributed by atoms with Crippen molar-refractivity contribution in [3.63, 3.8) is 0 Å². The Balaban J connectivity index is 1.36. The van der Waals surface area contributed by atoms with E-state index in [1.54, 1.807) is 24.3 Å². The van der Waals surface area contributed by atoms with Gasteiger partial charge in [0.1, 0.15) is 0 Å². The summed E-state index contributed by atoms with van der Waals surface area (Å²) in [4.78, 5) is 38.6. The molecule has 1 saturated heterocycles. The van der Waals surface area contributed by atoms with Gasteiger partial charge in [0.15, 0.2) is 0 Å². The summed E-state index contributed by atoms with van der Waals surface area (Å²) in [5.41, 5.74) is 6.91. The molecule has 1 aliphatic heterocycles. The van der Waals surface area contributed by atoms with Crippen molar-refractivity contribution in [1.29, 1.82) is 0 Å². The lowest BCUT2D eigenvalue weighted by Crippen LogP contribution is -2.59. The van der Waals surface area contributed by atoms with Gasteiger partial charge in [0.25, 0.3) is 5.91 Å². The highest BCUT2D eigenvalue weighted by Crippen LogP contribution is 2.32. The van der Waals surface area contributed by atoms with E-state index in [1.165, 1.54) is 5.01 Å². The summed E-state index contributed by atoms with van der Waals surface area (Å²) in [5, 5.41) is 8.67. The van der Waals surface area contributed by atoms with Crippen LogP contribution in [-0.4, -0.2) is 27.5 Å². The number of hydrazine groups is 1. The smallest absolute Gasteiger partial charge is 0.255 e. The summed E-state index contributed by atoms with van der Waals surface area (Å²) in [6.07, 6.45) is 4.99. The summed E-state index contributed by atoms with van der Waals surface area (Å²) < 4.78 is 1.82. The largest absolute Gasteiger partial charge is 0.322 e. The second-order valence-electron chi connectivity index (χ2n) is 8.70. The van der Waals surface area contributed by atoms with Gasteiger partial charge >= 0.3 is 0 Å². The van der Waals surface area contributed by atoms with Gasteiger partial charge in [-0.3, -0.25) is 19.8 Å². The number of hydrogen-bond acceptors (Lipinski definition) is 4. The Kier molecular flexibility index (Phi) is 5.49. The molecule has 5 rings (SSSR count). The van der Waals surface area contributed by atoms with E-state index in [0.29, 0.717) is 29.8 Å². The zero-order valence-corrected chi connectivity index (χ0v) is 19.0. The van der Waals surface area contributed by atoms with Crippen LogP contribution >= 0.6 is 0 Å². The lowest BCUT2D eigenvalue weighted by Gasteiger charge is -2.38.